The molecule has 0 spiro atoms. The average Bonchev–Trinajstić information content (AvgIpc) is 3.39. The van der Waals surface area contributed by atoms with Crippen LogP contribution in [-0.4, -0.2) is 50.1 Å². The van der Waals surface area contributed by atoms with E-state index in [0.29, 0.717) is 13.0 Å². The van der Waals surface area contributed by atoms with Gasteiger partial charge in [-0.25, -0.2) is 4.68 Å². The first kappa shape index (κ1) is 19.3. The summed E-state index contributed by atoms with van der Waals surface area (Å²) < 4.78 is 1.76. The number of carbonyl (C=O) groups is 1. The molecule has 1 aliphatic heterocycles. The maximum Gasteiger partial charge on any atom is 0.237 e. The van der Waals surface area contributed by atoms with Crippen LogP contribution >= 0.6 is 0 Å². The lowest BCUT2D eigenvalue weighted by Gasteiger charge is -2.23. The molecule has 2 heterocycles. The van der Waals surface area contributed by atoms with Crippen molar-refractivity contribution in [2.45, 2.75) is 38.4 Å². The van der Waals surface area contributed by atoms with E-state index in [9.17, 15) is 4.79 Å². The van der Waals surface area contributed by atoms with Gasteiger partial charge in [0, 0.05) is 19.6 Å². The van der Waals surface area contributed by atoms with E-state index in [1.54, 1.807) is 11.0 Å². The smallest absolute Gasteiger partial charge is 0.237 e. The highest BCUT2D eigenvalue weighted by Crippen LogP contribution is 2.28. The van der Waals surface area contributed by atoms with E-state index in [1.165, 1.54) is 16.7 Å². The Kier molecular flexibility index (Phi) is 5.95. The molecular weight excluding hydrogens is 364 g/mol. The molecule has 0 unspecified atom stereocenters. The summed E-state index contributed by atoms with van der Waals surface area (Å²) in [6, 6.07) is 18.6. The van der Waals surface area contributed by atoms with Crippen molar-refractivity contribution in [3.05, 3.63) is 77.6 Å². The summed E-state index contributed by atoms with van der Waals surface area (Å²) in [5.41, 5.74) is 3.66. The van der Waals surface area contributed by atoms with Crippen molar-refractivity contribution in [2.75, 3.05) is 13.1 Å². The minimum absolute atomic E-state index is 0.0733. The lowest BCUT2D eigenvalue weighted by molar-refractivity contribution is -0.125. The Hall–Kier alpha value is -3.06. The van der Waals surface area contributed by atoms with E-state index in [2.05, 4.69) is 69.1 Å². The van der Waals surface area contributed by atoms with Gasteiger partial charge in [0.2, 0.25) is 5.91 Å². The zero-order valence-electron chi connectivity index (χ0n) is 16.6. The fourth-order valence-corrected chi connectivity index (χ4v) is 3.99. The number of amides is 1. The van der Waals surface area contributed by atoms with Crippen LogP contribution in [0.1, 0.15) is 29.2 Å². The molecule has 0 saturated carbocycles. The number of tetrazole rings is 1. The van der Waals surface area contributed by atoms with Gasteiger partial charge in [-0.05, 0) is 41.3 Å². The highest BCUT2D eigenvalue weighted by Gasteiger charge is 2.38. The Morgan fingerprint density at radius 1 is 1.14 bits per heavy atom. The average molecular weight is 390 g/mol. The predicted octanol–water partition coefficient (Wildman–Crippen LogP) is 2.16. The van der Waals surface area contributed by atoms with Crippen molar-refractivity contribution in [1.29, 1.82) is 0 Å². The van der Waals surface area contributed by atoms with Crippen molar-refractivity contribution < 1.29 is 4.79 Å². The van der Waals surface area contributed by atoms with Crippen LogP contribution in [0.25, 0.3) is 0 Å². The molecule has 1 saturated heterocycles. The Balaban J connectivity index is 1.43. The Labute approximate surface area is 170 Å². The Morgan fingerprint density at radius 2 is 1.97 bits per heavy atom. The molecule has 0 bridgehead atoms. The third-order valence-electron chi connectivity index (χ3n) is 5.45. The first-order chi connectivity index (χ1) is 14.2. The van der Waals surface area contributed by atoms with Crippen LogP contribution in [0.5, 0.6) is 0 Å². The largest absolute Gasteiger partial charge is 0.354 e. The normalized spacial score (nSPS) is 19.3. The zero-order valence-corrected chi connectivity index (χ0v) is 16.6. The van der Waals surface area contributed by atoms with Gasteiger partial charge < -0.3 is 5.32 Å². The first-order valence-corrected chi connectivity index (χ1v) is 10.0. The van der Waals surface area contributed by atoms with Crippen LogP contribution in [0, 0.1) is 6.92 Å². The highest BCUT2D eigenvalue weighted by molar-refractivity contribution is 5.82. The van der Waals surface area contributed by atoms with Crippen molar-refractivity contribution in [1.82, 2.24) is 30.4 Å². The summed E-state index contributed by atoms with van der Waals surface area (Å²) in [4.78, 5) is 15.2. The summed E-state index contributed by atoms with van der Waals surface area (Å²) in [5, 5.41) is 14.7. The van der Waals surface area contributed by atoms with E-state index in [0.717, 1.165) is 19.5 Å². The summed E-state index contributed by atoms with van der Waals surface area (Å²) in [5.74, 6) is 0.0733. The van der Waals surface area contributed by atoms with Crippen LogP contribution < -0.4 is 5.32 Å². The molecule has 7 nitrogen and oxygen atoms in total. The number of carbonyl (C=O) groups excluding carboxylic acids is 1. The van der Waals surface area contributed by atoms with Gasteiger partial charge in [0.05, 0.1) is 12.1 Å². The molecule has 2 aromatic carbocycles. The number of likely N-dealkylation sites (tertiary alicyclic amines) is 1. The summed E-state index contributed by atoms with van der Waals surface area (Å²) >= 11 is 0. The van der Waals surface area contributed by atoms with Crippen molar-refractivity contribution in [3.8, 4) is 0 Å². The van der Waals surface area contributed by atoms with Crippen LogP contribution in [-0.2, 0) is 17.8 Å². The standard InChI is InChI=1S/C22H26N6O/c1-17-6-5-9-19(12-17)14-27-15-20(28-16-24-25-26-28)13-21(27)22(29)23-11-10-18-7-3-2-4-8-18/h2-9,12,16,20-21H,10-11,13-15H2,1H3,(H,23,29)/t20-,21-/m0/s1. The van der Waals surface area contributed by atoms with Gasteiger partial charge in [-0.15, -0.1) is 5.10 Å². The maximum atomic E-state index is 13.0. The van der Waals surface area contributed by atoms with Gasteiger partial charge >= 0.3 is 0 Å². The number of aryl methyl sites for hydroxylation is 1. The zero-order chi connectivity index (χ0) is 20.1. The molecule has 1 aliphatic rings. The van der Waals surface area contributed by atoms with Crippen molar-refractivity contribution in [2.24, 2.45) is 0 Å². The number of nitrogens with one attached hydrogen (secondary N) is 1. The minimum Gasteiger partial charge on any atom is -0.354 e. The molecule has 1 fully saturated rings. The minimum atomic E-state index is -0.194. The van der Waals surface area contributed by atoms with E-state index in [-0.39, 0.29) is 18.0 Å². The van der Waals surface area contributed by atoms with Gasteiger partial charge in [0.1, 0.15) is 6.33 Å². The second-order valence-corrected chi connectivity index (χ2v) is 7.64. The molecular formula is C22H26N6O. The van der Waals surface area contributed by atoms with Gasteiger partial charge in [-0.1, -0.05) is 60.2 Å². The molecule has 1 aromatic heterocycles. The van der Waals surface area contributed by atoms with Gasteiger partial charge in [-0.3, -0.25) is 9.69 Å². The van der Waals surface area contributed by atoms with E-state index >= 15 is 0 Å². The number of hydrogen-bond acceptors (Lipinski definition) is 5. The van der Waals surface area contributed by atoms with E-state index in [4.69, 9.17) is 0 Å². The predicted molar refractivity (Wildman–Crippen MR) is 110 cm³/mol. The molecule has 29 heavy (non-hydrogen) atoms. The SMILES string of the molecule is Cc1cccc(CN2C[C@@H](n3cnnn3)C[C@H]2C(=O)NCCc2ccccc2)c1. The molecule has 0 radical (unpaired) electrons. The first-order valence-electron chi connectivity index (χ1n) is 10.0. The molecule has 150 valence electrons. The fraction of sp³-hybridized carbons (Fsp3) is 0.364. The maximum absolute atomic E-state index is 13.0. The van der Waals surface area contributed by atoms with Gasteiger partial charge in [0.15, 0.2) is 0 Å². The lowest BCUT2D eigenvalue weighted by atomic mass is 10.1. The summed E-state index contributed by atoms with van der Waals surface area (Å²) in [6.07, 6.45) is 3.16. The van der Waals surface area contributed by atoms with Crippen LogP contribution in [0.2, 0.25) is 0 Å². The molecule has 0 aliphatic carbocycles. The van der Waals surface area contributed by atoms with Crippen molar-refractivity contribution >= 4 is 5.91 Å². The quantitative estimate of drug-likeness (QED) is 0.669. The monoisotopic (exact) mass is 390 g/mol. The summed E-state index contributed by atoms with van der Waals surface area (Å²) in [7, 11) is 0. The molecule has 1 N–H and O–H groups in total. The number of nitrogens with zero attached hydrogens (tertiary/aromatic N) is 5. The third-order valence-corrected chi connectivity index (χ3v) is 5.45. The molecule has 3 aromatic rings. The highest BCUT2D eigenvalue weighted by atomic mass is 16.2. The number of hydrogen-bond donors (Lipinski definition) is 1. The number of aromatic nitrogens is 4. The van der Waals surface area contributed by atoms with Crippen LogP contribution in [0.4, 0.5) is 0 Å². The molecule has 4 rings (SSSR count). The van der Waals surface area contributed by atoms with E-state index < -0.39 is 0 Å². The fourth-order valence-electron chi connectivity index (χ4n) is 3.99. The van der Waals surface area contributed by atoms with Crippen molar-refractivity contribution in [3.63, 3.8) is 0 Å². The van der Waals surface area contributed by atoms with Crippen LogP contribution in [0.3, 0.4) is 0 Å². The lowest BCUT2D eigenvalue weighted by Crippen LogP contribution is -2.43. The molecule has 2 atom stereocenters. The van der Waals surface area contributed by atoms with Gasteiger partial charge in [-0.2, -0.15) is 0 Å². The second-order valence-electron chi connectivity index (χ2n) is 7.64. The number of benzene rings is 2. The number of rotatable bonds is 7. The topological polar surface area (TPSA) is 75.9 Å². The third kappa shape index (κ3) is 4.86. The van der Waals surface area contributed by atoms with E-state index in [1.807, 2.05) is 18.2 Å². The Bertz CT molecular complexity index is 927. The van der Waals surface area contributed by atoms with Crippen LogP contribution in [0.15, 0.2) is 60.9 Å². The Morgan fingerprint density at radius 3 is 2.72 bits per heavy atom. The second kappa shape index (κ2) is 8.96. The molecule has 1 amide bonds. The summed E-state index contributed by atoms with van der Waals surface area (Å²) in [6.45, 7) is 4.20. The van der Waals surface area contributed by atoms with Gasteiger partial charge in [0.25, 0.3) is 0 Å². The molecule has 7 heteroatoms.